The zero-order chi connectivity index (χ0) is 19.2. The summed E-state index contributed by atoms with van der Waals surface area (Å²) in [7, 11) is -3.44. The van der Waals surface area contributed by atoms with Crippen LogP contribution in [0.4, 0.5) is 0 Å². The molecule has 2 aliphatic heterocycles. The largest absolute Gasteiger partial charge is 0.454 e. The number of ether oxygens (including phenoxy) is 2. The molecule has 10 heteroatoms. The van der Waals surface area contributed by atoms with Gasteiger partial charge in [0.05, 0.1) is 16.5 Å². The summed E-state index contributed by atoms with van der Waals surface area (Å²) in [4.78, 5) is 17.5. The number of carbonyl (C=O) groups excluding carboxylic acids is 1. The van der Waals surface area contributed by atoms with E-state index in [1.807, 2.05) is 16.7 Å². The van der Waals surface area contributed by atoms with Gasteiger partial charge >= 0.3 is 0 Å². The van der Waals surface area contributed by atoms with Crippen LogP contribution in [0.5, 0.6) is 11.5 Å². The number of nitrogens with zero attached hydrogens (tertiary/aromatic N) is 3. The number of hydrogen-bond acceptors (Lipinski definition) is 6. The highest BCUT2D eigenvalue weighted by Gasteiger charge is 2.36. The van der Waals surface area contributed by atoms with Crippen LogP contribution in [-0.2, 0) is 21.4 Å². The van der Waals surface area contributed by atoms with E-state index >= 15 is 0 Å². The fourth-order valence-electron chi connectivity index (χ4n) is 3.40. The van der Waals surface area contributed by atoms with Gasteiger partial charge in [0.1, 0.15) is 6.04 Å². The molecular weight excluding hydrogens is 390 g/mol. The normalized spacial score (nSPS) is 20.5. The number of amides is 1. The summed E-state index contributed by atoms with van der Waals surface area (Å²) in [5, 5.41) is 0. The summed E-state index contributed by atoms with van der Waals surface area (Å²) in [5.41, 5.74) is 0.863. The van der Waals surface area contributed by atoms with Crippen molar-refractivity contribution in [2.75, 3.05) is 19.6 Å². The number of rotatable bonds is 4. The third kappa shape index (κ3) is 3.28. The summed E-state index contributed by atoms with van der Waals surface area (Å²) in [6.45, 7) is 4.77. The molecule has 1 aromatic heterocycles. The molecule has 0 radical (unpaired) electrons. The van der Waals surface area contributed by atoms with Gasteiger partial charge in [0, 0.05) is 25.2 Å². The zero-order valence-corrected chi connectivity index (χ0v) is 16.4. The molecule has 0 saturated carbocycles. The molecule has 1 amide bonds. The number of thiazole rings is 1. The standard InChI is InChI=1S/C17H19N3O5S2/c1-3-6-19-12-8-13-14(25-10-24-13)9-15(12)26-17(19)18-16(21)11-5-4-7-20(11)27(2,22)23/h3,8-9,11H,1,4-7,10H2,2H3. The van der Waals surface area contributed by atoms with Gasteiger partial charge in [-0.25, -0.2) is 8.42 Å². The van der Waals surface area contributed by atoms with Crippen LogP contribution in [-0.4, -0.2) is 48.8 Å². The molecule has 8 nitrogen and oxygen atoms in total. The highest BCUT2D eigenvalue weighted by molar-refractivity contribution is 7.88. The Hall–Kier alpha value is -2.17. The number of allylic oxidation sites excluding steroid dienone is 1. The van der Waals surface area contributed by atoms with Crippen molar-refractivity contribution in [3.05, 3.63) is 29.6 Å². The Morgan fingerprint density at radius 1 is 1.41 bits per heavy atom. The van der Waals surface area contributed by atoms with Crippen molar-refractivity contribution < 1.29 is 22.7 Å². The highest BCUT2D eigenvalue weighted by Crippen LogP contribution is 2.37. The van der Waals surface area contributed by atoms with Gasteiger partial charge in [-0.2, -0.15) is 9.30 Å². The van der Waals surface area contributed by atoms with E-state index in [1.165, 1.54) is 15.6 Å². The Balaban J connectivity index is 1.79. The van der Waals surface area contributed by atoms with Gasteiger partial charge in [0.15, 0.2) is 16.3 Å². The van der Waals surface area contributed by atoms with Crippen LogP contribution >= 0.6 is 11.3 Å². The van der Waals surface area contributed by atoms with Gasteiger partial charge in [-0.1, -0.05) is 17.4 Å². The first-order chi connectivity index (χ1) is 12.9. The van der Waals surface area contributed by atoms with E-state index in [-0.39, 0.29) is 6.79 Å². The van der Waals surface area contributed by atoms with E-state index in [0.717, 1.165) is 16.5 Å². The molecular formula is C17H19N3O5S2. The van der Waals surface area contributed by atoms with Crippen molar-refractivity contribution in [3.8, 4) is 11.5 Å². The van der Waals surface area contributed by atoms with E-state index in [9.17, 15) is 13.2 Å². The zero-order valence-electron chi connectivity index (χ0n) is 14.8. The van der Waals surface area contributed by atoms with Crippen molar-refractivity contribution in [1.29, 1.82) is 0 Å². The van der Waals surface area contributed by atoms with E-state index in [2.05, 4.69) is 11.6 Å². The van der Waals surface area contributed by atoms with Crippen LogP contribution in [0.3, 0.4) is 0 Å². The quantitative estimate of drug-likeness (QED) is 0.714. The Bertz CT molecular complexity index is 1100. The van der Waals surface area contributed by atoms with E-state index in [1.54, 1.807) is 6.08 Å². The van der Waals surface area contributed by atoms with Gasteiger partial charge in [-0.3, -0.25) is 4.79 Å². The van der Waals surface area contributed by atoms with Gasteiger partial charge in [0.25, 0.3) is 5.91 Å². The van der Waals surface area contributed by atoms with Crippen LogP contribution in [0.1, 0.15) is 12.8 Å². The topological polar surface area (TPSA) is 90.2 Å². The maximum absolute atomic E-state index is 12.8. The molecule has 2 aromatic rings. The van der Waals surface area contributed by atoms with Crippen LogP contribution < -0.4 is 14.3 Å². The molecule has 0 bridgehead atoms. The van der Waals surface area contributed by atoms with Gasteiger partial charge in [0.2, 0.25) is 16.8 Å². The summed E-state index contributed by atoms with van der Waals surface area (Å²) in [5.74, 6) is 0.865. The predicted octanol–water partition coefficient (Wildman–Crippen LogP) is 1.47. The lowest BCUT2D eigenvalue weighted by molar-refractivity contribution is -0.121. The fourth-order valence-corrected chi connectivity index (χ4v) is 5.58. The van der Waals surface area contributed by atoms with Crippen molar-refractivity contribution >= 4 is 37.5 Å². The minimum absolute atomic E-state index is 0.187. The Morgan fingerprint density at radius 2 is 2.15 bits per heavy atom. The highest BCUT2D eigenvalue weighted by atomic mass is 32.2. The Morgan fingerprint density at radius 3 is 2.85 bits per heavy atom. The number of aromatic nitrogens is 1. The summed E-state index contributed by atoms with van der Waals surface area (Å²) < 4.78 is 38.7. The molecule has 27 heavy (non-hydrogen) atoms. The van der Waals surface area contributed by atoms with Crippen LogP contribution in [0, 0.1) is 0 Å². The molecule has 2 aliphatic rings. The van der Waals surface area contributed by atoms with E-state index in [0.29, 0.717) is 42.2 Å². The molecule has 0 spiro atoms. The second kappa shape index (κ2) is 6.77. The monoisotopic (exact) mass is 409 g/mol. The first kappa shape index (κ1) is 18.2. The van der Waals surface area contributed by atoms with Gasteiger partial charge in [-0.05, 0) is 12.8 Å². The second-order valence-electron chi connectivity index (χ2n) is 6.44. The second-order valence-corrected chi connectivity index (χ2v) is 9.38. The molecule has 1 aromatic carbocycles. The molecule has 1 fully saturated rings. The molecule has 3 heterocycles. The van der Waals surface area contributed by atoms with Crippen LogP contribution in [0.2, 0.25) is 0 Å². The number of sulfonamides is 1. The predicted molar refractivity (Wildman–Crippen MR) is 101 cm³/mol. The lowest BCUT2D eigenvalue weighted by Gasteiger charge is -2.18. The third-order valence-corrected chi connectivity index (χ3v) is 6.94. The molecule has 1 unspecified atom stereocenters. The number of carbonyl (C=O) groups is 1. The van der Waals surface area contributed by atoms with E-state index in [4.69, 9.17) is 9.47 Å². The summed E-state index contributed by atoms with van der Waals surface area (Å²) >= 11 is 1.35. The fraction of sp³-hybridized carbons (Fsp3) is 0.412. The van der Waals surface area contributed by atoms with E-state index < -0.39 is 22.0 Å². The average Bonchev–Trinajstić information content (AvgIpc) is 3.31. The summed E-state index contributed by atoms with van der Waals surface area (Å²) in [6, 6.07) is 2.99. The van der Waals surface area contributed by atoms with Crippen molar-refractivity contribution in [1.82, 2.24) is 8.87 Å². The smallest absolute Gasteiger partial charge is 0.266 e. The van der Waals surface area contributed by atoms with Gasteiger partial charge in [-0.15, -0.1) is 6.58 Å². The minimum Gasteiger partial charge on any atom is -0.454 e. The average molecular weight is 409 g/mol. The molecule has 1 saturated heterocycles. The summed E-state index contributed by atoms with van der Waals surface area (Å²) in [6.07, 6.45) is 3.98. The van der Waals surface area contributed by atoms with Crippen LogP contribution in [0.15, 0.2) is 29.8 Å². The maximum atomic E-state index is 12.8. The minimum atomic E-state index is -3.44. The molecule has 1 atom stereocenters. The Kier molecular flexibility index (Phi) is 4.57. The van der Waals surface area contributed by atoms with Crippen molar-refractivity contribution in [2.24, 2.45) is 4.99 Å². The maximum Gasteiger partial charge on any atom is 0.266 e. The first-order valence-electron chi connectivity index (χ1n) is 8.48. The lowest BCUT2D eigenvalue weighted by Crippen LogP contribution is -2.39. The van der Waals surface area contributed by atoms with Gasteiger partial charge < -0.3 is 14.0 Å². The molecule has 4 rings (SSSR count). The molecule has 0 N–H and O–H groups in total. The van der Waals surface area contributed by atoms with Crippen molar-refractivity contribution in [3.63, 3.8) is 0 Å². The lowest BCUT2D eigenvalue weighted by atomic mass is 10.2. The first-order valence-corrected chi connectivity index (χ1v) is 11.1. The molecule has 144 valence electrons. The third-order valence-electron chi connectivity index (χ3n) is 4.61. The van der Waals surface area contributed by atoms with Crippen LogP contribution in [0.25, 0.3) is 10.2 Å². The number of benzene rings is 1. The number of fused-ring (bicyclic) bond motifs is 2. The molecule has 0 aliphatic carbocycles. The Labute approximate surface area is 160 Å². The number of hydrogen-bond donors (Lipinski definition) is 0. The van der Waals surface area contributed by atoms with Crippen molar-refractivity contribution in [2.45, 2.75) is 25.4 Å². The SMILES string of the molecule is C=CCn1c(=NC(=O)C2CCCN2S(C)(=O)=O)sc2cc3c(cc21)OCO3.